The van der Waals surface area contributed by atoms with Crippen LogP contribution in [0.4, 0.5) is 0 Å². The Bertz CT molecular complexity index is 805. The van der Waals surface area contributed by atoms with Gasteiger partial charge in [0.25, 0.3) is 0 Å². The van der Waals surface area contributed by atoms with E-state index >= 15 is 0 Å². The van der Waals surface area contributed by atoms with Gasteiger partial charge in [0.2, 0.25) is 11.8 Å². The summed E-state index contributed by atoms with van der Waals surface area (Å²) < 4.78 is 0. The zero-order valence-electron chi connectivity index (χ0n) is 23.3. The topological polar surface area (TPSA) is 295 Å². The molecule has 0 spiro atoms. The molecule has 3 fully saturated rings. The third-order valence-corrected chi connectivity index (χ3v) is 6.68. The number of carboxylic acid groups (broad SMARTS) is 2. The van der Waals surface area contributed by atoms with Gasteiger partial charge in [-0.15, -0.1) is 13.1 Å². The molecule has 2 saturated carbocycles. The standard InChI is InChI=1S/2C7H12O3.C6H11N2O.C6H8N2O.Co.2H2O/c2*8-6-3-1-2-5(4-6)7(9)10;2*7-6(9)5-2-1-3-8-4-5;;;/h2*5-6,8H,1-4H2,(H,9,10);5H,1-4H2,(H2,7,9);1-3H,4H2,(H3,7,8,9);;2*1H2/q;;-1;;+2;;/p+1. The van der Waals surface area contributed by atoms with Crippen molar-refractivity contribution >= 4 is 23.8 Å². The van der Waals surface area contributed by atoms with E-state index in [4.69, 9.17) is 31.9 Å². The van der Waals surface area contributed by atoms with Gasteiger partial charge in [0.1, 0.15) is 0 Å². The number of aliphatic hydroxyl groups is 2. The number of carbonyl (C=O) groups is 4. The first-order chi connectivity index (χ1) is 18.0. The van der Waals surface area contributed by atoms with Crippen LogP contribution in [0.5, 0.6) is 0 Å². The molecule has 15 heteroatoms. The summed E-state index contributed by atoms with van der Waals surface area (Å²) in [7, 11) is 0. The number of primary amides is 2. The van der Waals surface area contributed by atoms with Gasteiger partial charge in [-0.25, -0.2) is 0 Å². The van der Waals surface area contributed by atoms with Crippen LogP contribution in [0.15, 0.2) is 23.9 Å². The first-order valence-corrected chi connectivity index (χ1v) is 13.1. The zero-order valence-corrected chi connectivity index (χ0v) is 24.3. The summed E-state index contributed by atoms with van der Waals surface area (Å²) in [6.07, 6.45) is 11.8. The SMILES string of the molecule is NC(=O)C1=CC=C[N-]C1.NC(=O)C1CCC[N-]C1.O=C(O)C1CCCC(O)C1.O=C(O)C1CCCC(O)C1.[Co+2].[OH3+].[OH3+]. The van der Waals surface area contributed by atoms with Crippen molar-refractivity contribution in [2.24, 2.45) is 29.2 Å². The van der Waals surface area contributed by atoms with Gasteiger partial charge in [0.15, 0.2) is 0 Å². The maximum atomic E-state index is 10.5. The monoisotopic (exact) mass is 635 g/mol. The van der Waals surface area contributed by atoms with Crippen LogP contribution in [0.1, 0.15) is 64.2 Å². The first kappa shape index (κ1) is 42.9. The number of hydrogen-bond acceptors (Lipinski definition) is 6. The van der Waals surface area contributed by atoms with Crippen molar-refractivity contribution in [1.82, 2.24) is 0 Å². The molecule has 2 aliphatic heterocycles. The number of nitrogens with zero attached hydrogens (tertiary/aromatic N) is 2. The van der Waals surface area contributed by atoms with Gasteiger partial charge in [-0.3, -0.25) is 19.2 Å². The Balaban J connectivity index is -0.000000459. The van der Waals surface area contributed by atoms with Crippen molar-refractivity contribution in [1.29, 1.82) is 0 Å². The van der Waals surface area contributed by atoms with E-state index in [9.17, 15) is 19.2 Å². The van der Waals surface area contributed by atoms with Crippen LogP contribution in [0.2, 0.25) is 0 Å². The molecule has 0 aromatic heterocycles. The van der Waals surface area contributed by atoms with E-state index in [0.717, 1.165) is 57.9 Å². The van der Waals surface area contributed by atoms with Crippen molar-refractivity contribution in [2.75, 3.05) is 19.6 Å². The summed E-state index contributed by atoms with van der Waals surface area (Å²) in [4.78, 5) is 41.7. The van der Waals surface area contributed by atoms with Crippen LogP contribution in [0, 0.1) is 17.8 Å². The van der Waals surface area contributed by atoms with Crippen LogP contribution < -0.4 is 11.5 Å². The minimum absolute atomic E-state index is 0. The Morgan fingerprint density at radius 2 is 1.27 bits per heavy atom. The molecule has 4 rings (SSSR count). The van der Waals surface area contributed by atoms with Crippen LogP contribution >= 0.6 is 0 Å². The zero-order chi connectivity index (χ0) is 28.5. The van der Waals surface area contributed by atoms with E-state index in [1.54, 1.807) is 18.4 Å². The van der Waals surface area contributed by atoms with E-state index in [1.165, 1.54) is 0 Å². The number of allylic oxidation sites excluding steroid dienone is 2. The molecule has 2 aliphatic carbocycles. The molecule has 14 N–H and O–H groups in total. The molecular weight excluding hydrogens is 587 g/mol. The Morgan fingerprint density at radius 3 is 1.51 bits per heavy atom. The number of aliphatic hydroxyl groups excluding tert-OH is 2. The average molecular weight is 636 g/mol. The molecule has 4 aliphatic rings. The fraction of sp³-hybridized carbons (Fsp3) is 0.692. The fourth-order valence-electron chi connectivity index (χ4n) is 4.38. The molecular formula is C26H48CoN4O10+2. The van der Waals surface area contributed by atoms with E-state index in [1.807, 2.05) is 0 Å². The maximum absolute atomic E-state index is 10.5. The van der Waals surface area contributed by atoms with Crippen molar-refractivity contribution in [3.63, 3.8) is 0 Å². The number of carbonyl (C=O) groups excluding carboxylic acids is 2. The van der Waals surface area contributed by atoms with E-state index < -0.39 is 11.9 Å². The Morgan fingerprint density at radius 1 is 0.780 bits per heavy atom. The summed E-state index contributed by atoms with van der Waals surface area (Å²) in [6.45, 7) is 1.98. The number of hydrogen-bond donors (Lipinski definition) is 6. The van der Waals surface area contributed by atoms with E-state index in [2.05, 4.69) is 10.6 Å². The third-order valence-electron chi connectivity index (χ3n) is 6.68. The number of aliphatic carboxylic acids is 2. The van der Waals surface area contributed by atoms with E-state index in [0.29, 0.717) is 31.5 Å². The molecule has 5 atom stereocenters. The number of amides is 2. The minimum atomic E-state index is -0.765. The van der Waals surface area contributed by atoms with Gasteiger partial charge in [0.05, 0.1) is 24.0 Å². The average Bonchev–Trinajstić information content (AvgIpc) is 2.91. The molecule has 0 bridgehead atoms. The molecule has 14 nitrogen and oxygen atoms in total. The summed E-state index contributed by atoms with van der Waals surface area (Å²) in [5, 5.41) is 43.1. The van der Waals surface area contributed by atoms with Crippen LogP contribution in [-0.4, -0.2) is 76.0 Å². The molecule has 2 amide bonds. The second-order valence-corrected chi connectivity index (χ2v) is 9.82. The van der Waals surface area contributed by atoms with Crippen molar-refractivity contribution < 1.29 is 67.3 Å². The minimum Gasteiger partial charge on any atom is -0.687 e. The van der Waals surface area contributed by atoms with Gasteiger partial charge >= 0.3 is 28.7 Å². The Labute approximate surface area is 250 Å². The molecule has 0 aromatic carbocycles. The predicted molar refractivity (Wildman–Crippen MR) is 151 cm³/mol. The summed E-state index contributed by atoms with van der Waals surface area (Å²) in [5.41, 5.74) is 10.6. The maximum Gasteiger partial charge on any atom is 2.00 e. The van der Waals surface area contributed by atoms with Crippen LogP contribution in [-0.2, 0) is 46.9 Å². The number of carboxylic acids is 2. The number of piperidine rings is 1. The van der Waals surface area contributed by atoms with Gasteiger partial charge in [-0.2, -0.15) is 6.20 Å². The van der Waals surface area contributed by atoms with Gasteiger partial charge in [-0.1, -0.05) is 38.0 Å². The second kappa shape index (κ2) is 24.1. The van der Waals surface area contributed by atoms with Crippen LogP contribution in [0.25, 0.3) is 10.6 Å². The summed E-state index contributed by atoms with van der Waals surface area (Å²) in [6, 6.07) is 0. The molecule has 239 valence electrons. The number of rotatable bonds is 4. The molecule has 0 aromatic rings. The first-order valence-electron chi connectivity index (χ1n) is 13.1. The summed E-state index contributed by atoms with van der Waals surface area (Å²) in [5.74, 6) is -2.69. The molecule has 1 saturated heterocycles. The Hall–Kier alpha value is -2.53. The summed E-state index contributed by atoms with van der Waals surface area (Å²) >= 11 is 0. The quantitative estimate of drug-likeness (QED) is 0.227. The number of nitrogens with two attached hydrogens (primary N) is 2. The normalized spacial score (nSPS) is 26.1. The molecule has 5 unspecified atom stereocenters. The molecule has 1 radical (unpaired) electrons. The molecule has 41 heavy (non-hydrogen) atoms. The largest absolute Gasteiger partial charge is 2.00 e. The van der Waals surface area contributed by atoms with Crippen molar-refractivity contribution in [3.8, 4) is 0 Å². The van der Waals surface area contributed by atoms with Gasteiger partial charge < -0.3 is 53.5 Å². The second-order valence-electron chi connectivity index (χ2n) is 9.82. The predicted octanol–water partition coefficient (Wildman–Crippen LogP) is -0.0476. The van der Waals surface area contributed by atoms with Crippen molar-refractivity contribution in [2.45, 2.75) is 76.4 Å². The van der Waals surface area contributed by atoms with Gasteiger partial charge in [0, 0.05) is 5.92 Å². The third kappa shape index (κ3) is 19.3. The van der Waals surface area contributed by atoms with E-state index in [-0.39, 0.29) is 69.5 Å². The van der Waals surface area contributed by atoms with Crippen LogP contribution in [0.3, 0.4) is 0 Å². The van der Waals surface area contributed by atoms with Crippen molar-refractivity contribution in [3.05, 3.63) is 34.6 Å². The van der Waals surface area contributed by atoms with Gasteiger partial charge in [-0.05, 0) is 50.5 Å². The molecule has 2 heterocycles. The Kier molecular flexibility index (Phi) is 25.2. The smallest absolute Gasteiger partial charge is 0.687 e. The fourth-order valence-corrected chi connectivity index (χ4v) is 4.38.